The van der Waals surface area contributed by atoms with Crippen LogP contribution in [0.5, 0.6) is 5.75 Å². The van der Waals surface area contributed by atoms with Crippen molar-refractivity contribution in [1.29, 1.82) is 0 Å². The number of ether oxygens (including phenoxy) is 1. The summed E-state index contributed by atoms with van der Waals surface area (Å²) < 4.78 is 5.92. The molecule has 0 bridgehead atoms. The molecule has 5 rings (SSSR count). The van der Waals surface area contributed by atoms with Crippen LogP contribution in [0.2, 0.25) is 0 Å². The van der Waals surface area contributed by atoms with Gasteiger partial charge in [-0.3, -0.25) is 0 Å². The average Bonchev–Trinajstić information content (AvgIpc) is 3.33. The first-order valence-corrected chi connectivity index (χ1v) is 12.2. The fourth-order valence-corrected chi connectivity index (χ4v) is 5.81. The third kappa shape index (κ3) is 4.52. The first kappa shape index (κ1) is 20.6. The summed E-state index contributed by atoms with van der Waals surface area (Å²) in [5, 5.41) is 10.9. The third-order valence-electron chi connectivity index (χ3n) is 6.47. The normalized spacial score (nSPS) is 23.3. The van der Waals surface area contributed by atoms with Gasteiger partial charge in [-0.1, -0.05) is 60.7 Å². The summed E-state index contributed by atoms with van der Waals surface area (Å²) >= 11 is 1.93. The fraction of sp³-hybridized carbons (Fsp3) is 0.333. The molecule has 1 N–H and O–H groups in total. The molecule has 2 aliphatic rings. The van der Waals surface area contributed by atoms with Gasteiger partial charge in [0.1, 0.15) is 5.75 Å². The summed E-state index contributed by atoms with van der Waals surface area (Å²) in [4.78, 5) is 3.87. The highest BCUT2D eigenvalue weighted by Crippen LogP contribution is 2.48. The average molecular weight is 432 g/mol. The van der Waals surface area contributed by atoms with Gasteiger partial charge < -0.3 is 14.7 Å². The number of fused-ring (bicyclic) bond motifs is 1. The number of hydrogen-bond donors (Lipinski definition) is 1. The highest BCUT2D eigenvalue weighted by molar-refractivity contribution is 7.99. The van der Waals surface area contributed by atoms with E-state index < -0.39 is 6.29 Å². The molecule has 2 aliphatic heterocycles. The smallest absolute Gasteiger partial charge is 0.205 e. The van der Waals surface area contributed by atoms with Crippen LogP contribution < -0.4 is 4.74 Å². The van der Waals surface area contributed by atoms with E-state index in [0.717, 1.165) is 22.6 Å². The van der Waals surface area contributed by atoms with Crippen molar-refractivity contribution < 1.29 is 9.84 Å². The van der Waals surface area contributed by atoms with Crippen LogP contribution in [0, 0.1) is 0 Å². The van der Waals surface area contributed by atoms with E-state index in [4.69, 9.17) is 4.74 Å². The molecule has 1 fully saturated rings. The Hall–Kier alpha value is -2.27. The van der Waals surface area contributed by atoms with Crippen molar-refractivity contribution in [3.63, 3.8) is 0 Å². The zero-order valence-corrected chi connectivity index (χ0v) is 18.5. The van der Waals surface area contributed by atoms with Crippen molar-refractivity contribution in [2.24, 2.45) is 0 Å². The fourth-order valence-electron chi connectivity index (χ4n) is 4.90. The molecule has 31 heavy (non-hydrogen) atoms. The second-order valence-corrected chi connectivity index (χ2v) is 9.59. The molecule has 0 spiro atoms. The van der Waals surface area contributed by atoms with Gasteiger partial charge in [0.25, 0.3) is 0 Å². The molecule has 0 aliphatic carbocycles. The molecule has 2 heterocycles. The topological polar surface area (TPSA) is 32.7 Å². The van der Waals surface area contributed by atoms with Crippen molar-refractivity contribution in [1.82, 2.24) is 4.90 Å². The summed E-state index contributed by atoms with van der Waals surface area (Å²) in [6.07, 6.45) is 1.82. The van der Waals surface area contributed by atoms with E-state index in [1.54, 1.807) is 0 Å². The lowest BCUT2D eigenvalue weighted by molar-refractivity contribution is -0.0530. The lowest BCUT2D eigenvalue weighted by Gasteiger charge is -2.38. The van der Waals surface area contributed by atoms with Gasteiger partial charge in [0.05, 0.1) is 5.92 Å². The highest BCUT2D eigenvalue weighted by atomic mass is 32.2. The number of likely N-dealkylation sites (tertiary alicyclic amines) is 1. The number of benzene rings is 3. The molecule has 160 valence electrons. The minimum atomic E-state index is -0.878. The minimum Gasteiger partial charge on any atom is -0.464 e. The van der Waals surface area contributed by atoms with Crippen molar-refractivity contribution >= 4 is 11.8 Å². The van der Waals surface area contributed by atoms with E-state index in [1.807, 2.05) is 42.1 Å². The zero-order valence-electron chi connectivity index (χ0n) is 17.7. The first-order valence-electron chi connectivity index (χ1n) is 11.2. The molecular weight excluding hydrogens is 402 g/mol. The molecule has 0 radical (unpaired) electrons. The van der Waals surface area contributed by atoms with Gasteiger partial charge in [-0.15, -0.1) is 11.8 Å². The quantitative estimate of drug-likeness (QED) is 0.522. The Kier molecular flexibility index (Phi) is 6.30. The van der Waals surface area contributed by atoms with Crippen LogP contribution in [-0.2, 0) is 0 Å². The van der Waals surface area contributed by atoms with Gasteiger partial charge >= 0.3 is 0 Å². The number of rotatable bonds is 6. The molecule has 0 aromatic heterocycles. The highest BCUT2D eigenvalue weighted by Gasteiger charge is 2.39. The third-order valence-corrected chi connectivity index (χ3v) is 7.46. The largest absolute Gasteiger partial charge is 0.464 e. The van der Waals surface area contributed by atoms with E-state index in [2.05, 4.69) is 53.4 Å². The van der Waals surface area contributed by atoms with E-state index in [1.165, 1.54) is 42.9 Å². The van der Waals surface area contributed by atoms with Crippen molar-refractivity contribution in [2.45, 2.75) is 35.9 Å². The van der Waals surface area contributed by atoms with Gasteiger partial charge in [-0.25, -0.2) is 0 Å². The van der Waals surface area contributed by atoms with Crippen molar-refractivity contribution in [3.8, 4) is 5.75 Å². The molecule has 0 saturated carbocycles. The summed E-state index contributed by atoms with van der Waals surface area (Å²) in [7, 11) is 0. The second-order valence-electron chi connectivity index (χ2n) is 8.43. The van der Waals surface area contributed by atoms with E-state index >= 15 is 0 Å². The second kappa shape index (κ2) is 9.47. The van der Waals surface area contributed by atoms with E-state index in [9.17, 15) is 5.11 Å². The Morgan fingerprint density at radius 2 is 1.55 bits per heavy atom. The van der Waals surface area contributed by atoms with E-state index in [-0.39, 0.29) is 11.8 Å². The van der Waals surface area contributed by atoms with Crippen LogP contribution in [0.4, 0.5) is 0 Å². The maximum atomic E-state index is 10.9. The Balaban J connectivity index is 1.40. The zero-order chi connectivity index (χ0) is 21.0. The Morgan fingerprint density at radius 1 is 0.839 bits per heavy atom. The van der Waals surface area contributed by atoms with Crippen LogP contribution in [0.15, 0.2) is 83.8 Å². The standard InChI is InChI=1S/C27H29NO2S/c29-27-26(20-8-2-1-3-9-20)25(23-10-4-5-11-24(23)30-27)21-12-14-22(15-13-21)31-19-18-28-16-6-7-17-28/h1-5,8-15,25-27,29H,6-7,16-19H2. The SMILES string of the molecule is OC1Oc2ccccc2C(c2ccc(SCCN3CCCC3)cc2)C1c1ccccc1. The van der Waals surface area contributed by atoms with Crippen LogP contribution in [0.25, 0.3) is 0 Å². The van der Waals surface area contributed by atoms with Gasteiger partial charge in [-0.2, -0.15) is 0 Å². The first-order chi connectivity index (χ1) is 15.3. The molecular formula is C27H29NO2S. The molecule has 3 aromatic carbocycles. The molecule has 3 atom stereocenters. The number of para-hydroxylation sites is 1. The Morgan fingerprint density at radius 3 is 2.32 bits per heavy atom. The number of thioether (sulfide) groups is 1. The summed E-state index contributed by atoms with van der Waals surface area (Å²) in [6.45, 7) is 3.68. The maximum absolute atomic E-state index is 10.9. The monoisotopic (exact) mass is 431 g/mol. The molecule has 3 unspecified atom stereocenters. The van der Waals surface area contributed by atoms with Gasteiger partial charge in [0.15, 0.2) is 0 Å². The Bertz CT molecular complexity index is 986. The van der Waals surface area contributed by atoms with Gasteiger partial charge in [-0.05, 0) is 55.3 Å². The molecule has 3 aromatic rings. The molecule has 4 heteroatoms. The molecule has 0 amide bonds. The van der Waals surface area contributed by atoms with Crippen molar-refractivity contribution in [3.05, 3.63) is 95.6 Å². The lowest BCUT2D eigenvalue weighted by atomic mass is 9.75. The maximum Gasteiger partial charge on any atom is 0.205 e. The van der Waals surface area contributed by atoms with Gasteiger partial charge in [0, 0.05) is 28.7 Å². The lowest BCUT2D eigenvalue weighted by Crippen LogP contribution is -2.34. The van der Waals surface area contributed by atoms with Crippen LogP contribution in [0.3, 0.4) is 0 Å². The predicted molar refractivity (Wildman–Crippen MR) is 127 cm³/mol. The van der Waals surface area contributed by atoms with Crippen LogP contribution >= 0.6 is 11.8 Å². The van der Waals surface area contributed by atoms with Gasteiger partial charge in [0.2, 0.25) is 6.29 Å². The molecule has 1 saturated heterocycles. The summed E-state index contributed by atoms with van der Waals surface area (Å²) in [6, 6.07) is 27.3. The summed E-state index contributed by atoms with van der Waals surface area (Å²) in [5.74, 6) is 1.80. The summed E-state index contributed by atoms with van der Waals surface area (Å²) in [5.41, 5.74) is 3.45. The molecule has 3 nitrogen and oxygen atoms in total. The van der Waals surface area contributed by atoms with Crippen molar-refractivity contribution in [2.75, 3.05) is 25.4 Å². The van der Waals surface area contributed by atoms with Crippen LogP contribution in [0.1, 0.15) is 41.4 Å². The predicted octanol–water partition coefficient (Wildman–Crippen LogP) is 5.50. The number of hydrogen-bond acceptors (Lipinski definition) is 4. The number of aliphatic hydroxyl groups is 1. The van der Waals surface area contributed by atoms with E-state index in [0.29, 0.717) is 0 Å². The minimum absolute atomic E-state index is 0.0472. The van der Waals surface area contributed by atoms with Crippen LogP contribution in [-0.4, -0.2) is 41.7 Å². The number of nitrogens with zero attached hydrogens (tertiary/aromatic N) is 1. The number of aliphatic hydroxyl groups excluding tert-OH is 1. The Labute approximate surface area is 189 Å².